The molecule has 0 aliphatic heterocycles. The van der Waals surface area contributed by atoms with Crippen LogP contribution in [0.4, 0.5) is 4.39 Å². The van der Waals surface area contributed by atoms with E-state index in [1.54, 1.807) is 16.8 Å². The summed E-state index contributed by atoms with van der Waals surface area (Å²) < 4.78 is 15.0. The molecule has 4 rings (SSSR count). The molecule has 2 heterocycles. The molecule has 4 heteroatoms. The monoisotopic (exact) mass is 257 g/mol. The first-order valence-corrected chi connectivity index (χ1v) is 6.70. The van der Waals surface area contributed by atoms with E-state index in [0.29, 0.717) is 5.92 Å². The number of halogens is 1. The van der Waals surface area contributed by atoms with E-state index in [4.69, 9.17) is 0 Å². The van der Waals surface area contributed by atoms with Crippen molar-refractivity contribution < 1.29 is 4.39 Å². The molecule has 0 saturated heterocycles. The van der Waals surface area contributed by atoms with Crippen LogP contribution in [0.15, 0.2) is 42.6 Å². The van der Waals surface area contributed by atoms with Crippen LogP contribution < -0.4 is 0 Å². The topological polar surface area (TPSA) is 30.2 Å². The average Bonchev–Trinajstić information content (AvgIpc) is 3.13. The first-order valence-electron chi connectivity index (χ1n) is 6.70. The van der Waals surface area contributed by atoms with Crippen LogP contribution >= 0.6 is 0 Å². The molecule has 2 aliphatic rings. The van der Waals surface area contributed by atoms with Crippen molar-refractivity contribution in [2.45, 2.75) is 20.3 Å². The Balaban J connectivity index is 0.000000528. The summed E-state index contributed by atoms with van der Waals surface area (Å²) in [4.78, 5) is 4.33. The molecule has 0 N–H and O–H groups in total. The Bertz CT molecular complexity index is 669. The third kappa shape index (κ3) is 1.97. The molecule has 3 nitrogen and oxygen atoms in total. The zero-order valence-corrected chi connectivity index (χ0v) is 11.0. The van der Waals surface area contributed by atoms with Crippen molar-refractivity contribution in [3.05, 3.63) is 48.2 Å². The lowest BCUT2D eigenvalue weighted by molar-refractivity contribution is 0.567. The quantitative estimate of drug-likeness (QED) is 0.780. The lowest BCUT2D eigenvalue weighted by atomic mass is 9.99. The first-order chi connectivity index (χ1) is 9.33. The second-order valence-corrected chi connectivity index (χ2v) is 4.60. The second-order valence-electron chi connectivity index (χ2n) is 4.60. The van der Waals surface area contributed by atoms with Crippen LogP contribution in [-0.4, -0.2) is 14.6 Å². The van der Waals surface area contributed by atoms with Gasteiger partial charge >= 0.3 is 0 Å². The molecule has 2 aromatic heterocycles. The minimum atomic E-state index is 0.0203. The molecule has 98 valence electrons. The molecule has 2 atom stereocenters. The van der Waals surface area contributed by atoms with Gasteiger partial charge in [-0.25, -0.2) is 13.9 Å². The van der Waals surface area contributed by atoms with E-state index in [1.807, 2.05) is 38.4 Å². The second kappa shape index (κ2) is 4.61. The van der Waals surface area contributed by atoms with E-state index in [-0.39, 0.29) is 11.7 Å². The van der Waals surface area contributed by atoms with Gasteiger partial charge in [-0.3, -0.25) is 0 Å². The van der Waals surface area contributed by atoms with Gasteiger partial charge in [0.05, 0.1) is 6.20 Å². The first kappa shape index (κ1) is 12.1. The number of aromatic nitrogens is 3. The normalized spacial score (nSPS) is 23.9. The minimum absolute atomic E-state index is 0.0203. The fraction of sp³-hybridized carbons (Fsp3) is 0.333. The van der Waals surface area contributed by atoms with Crippen LogP contribution in [-0.2, 0) is 0 Å². The van der Waals surface area contributed by atoms with Gasteiger partial charge in [0.1, 0.15) is 5.83 Å². The Morgan fingerprint density at radius 3 is 2.95 bits per heavy atom. The number of rotatable bonds is 1. The molecule has 0 spiro atoms. The largest absolute Gasteiger partial charge is 0.236 e. The number of allylic oxidation sites excluding steroid dienone is 4. The van der Waals surface area contributed by atoms with E-state index >= 15 is 0 Å². The van der Waals surface area contributed by atoms with Crippen molar-refractivity contribution in [2.75, 3.05) is 0 Å². The number of fused-ring (bicyclic) bond motifs is 2. The van der Waals surface area contributed by atoms with Gasteiger partial charge in [0.2, 0.25) is 0 Å². The number of hydrogen-bond acceptors (Lipinski definition) is 2. The van der Waals surface area contributed by atoms with Crippen molar-refractivity contribution in [2.24, 2.45) is 11.8 Å². The average molecular weight is 257 g/mol. The zero-order valence-electron chi connectivity index (χ0n) is 11.0. The SMILES string of the molecule is CC.FC1=CC=C(c2cnc3ccnn3c2)C2CC12. The Morgan fingerprint density at radius 1 is 1.26 bits per heavy atom. The highest BCUT2D eigenvalue weighted by molar-refractivity contribution is 5.73. The third-order valence-electron chi connectivity index (χ3n) is 3.55. The number of nitrogens with zero attached hydrogens (tertiary/aromatic N) is 3. The number of hydrogen-bond donors (Lipinski definition) is 0. The predicted molar refractivity (Wildman–Crippen MR) is 73.1 cm³/mol. The molecule has 19 heavy (non-hydrogen) atoms. The highest BCUT2D eigenvalue weighted by Crippen LogP contribution is 2.54. The zero-order chi connectivity index (χ0) is 13.4. The molecule has 2 unspecified atom stereocenters. The van der Waals surface area contributed by atoms with Crippen LogP contribution in [0.1, 0.15) is 25.8 Å². The van der Waals surface area contributed by atoms with Gasteiger partial charge in [-0.05, 0) is 24.0 Å². The van der Waals surface area contributed by atoms with Gasteiger partial charge < -0.3 is 0 Å². The van der Waals surface area contributed by atoms with Gasteiger partial charge in [0.25, 0.3) is 0 Å². The van der Waals surface area contributed by atoms with Crippen molar-refractivity contribution in [1.29, 1.82) is 0 Å². The summed E-state index contributed by atoms with van der Waals surface area (Å²) in [5.74, 6) is 0.477. The summed E-state index contributed by atoms with van der Waals surface area (Å²) in [6.45, 7) is 4.00. The van der Waals surface area contributed by atoms with Crippen molar-refractivity contribution >= 4 is 11.2 Å². The maximum atomic E-state index is 13.3. The van der Waals surface area contributed by atoms with Crippen molar-refractivity contribution in [3.63, 3.8) is 0 Å². The fourth-order valence-corrected chi connectivity index (χ4v) is 2.53. The minimum Gasteiger partial charge on any atom is -0.236 e. The maximum Gasteiger partial charge on any atom is 0.154 e. The van der Waals surface area contributed by atoms with Gasteiger partial charge in [-0.1, -0.05) is 19.9 Å². The van der Waals surface area contributed by atoms with Crippen LogP contribution in [0, 0.1) is 11.8 Å². The molecular weight excluding hydrogens is 241 g/mol. The summed E-state index contributed by atoms with van der Waals surface area (Å²) in [5, 5.41) is 4.17. The van der Waals surface area contributed by atoms with E-state index in [0.717, 1.165) is 17.6 Å². The molecule has 2 aliphatic carbocycles. The smallest absolute Gasteiger partial charge is 0.154 e. The van der Waals surface area contributed by atoms with Crippen LogP contribution in [0.2, 0.25) is 0 Å². The Kier molecular flexibility index (Phi) is 2.93. The molecular formula is C15H16FN3. The molecule has 2 aromatic rings. The highest BCUT2D eigenvalue weighted by Gasteiger charge is 2.45. The molecule has 0 amide bonds. The fourth-order valence-electron chi connectivity index (χ4n) is 2.53. The summed E-state index contributed by atoms with van der Waals surface area (Å²) >= 11 is 0. The molecule has 1 fully saturated rings. The van der Waals surface area contributed by atoms with Gasteiger partial charge in [-0.2, -0.15) is 5.10 Å². The lowest BCUT2D eigenvalue weighted by Gasteiger charge is -2.09. The summed E-state index contributed by atoms with van der Waals surface area (Å²) in [5.41, 5.74) is 3.05. The van der Waals surface area contributed by atoms with Crippen molar-refractivity contribution in [3.8, 4) is 0 Å². The van der Waals surface area contributed by atoms with Crippen LogP contribution in [0.5, 0.6) is 0 Å². The maximum absolute atomic E-state index is 13.3. The van der Waals surface area contributed by atoms with E-state index in [9.17, 15) is 4.39 Å². The Morgan fingerprint density at radius 2 is 2.11 bits per heavy atom. The molecule has 1 saturated carbocycles. The summed E-state index contributed by atoms with van der Waals surface area (Å²) in [7, 11) is 0. The standard InChI is InChI=1S/C13H10FN3.C2H6/c14-12-2-1-9(10-5-11(10)12)8-6-15-13-3-4-16-17(13)7-8;1-2/h1-4,6-7,10-11H,5H2;1-2H3. The van der Waals surface area contributed by atoms with Gasteiger partial charge in [-0.15, -0.1) is 0 Å². The molecule has 0 aromatic carbocycles. The van der Waals surface area contributed by atoms with Crippen LogP contribution in [0.25, 0.3) is 11.2 Å². The van der Waals surface area contributed by atoms with E-state index < -0.39 is 0 Å². The van der Waals surface area contributed by atoms with Crippen molar-refractivity contribution in [1.82, 2.24) is 14.6 Å². The highest BCUT2D eigenvalue weighted by atomic mass is 19.1. The summed E-state index contributed by atoms with van der Waals surface area (Å²) in [6.07, 6.45) is 9.90. The van der Waals surface area contributed by atoms with E-state index in [2.05, 4.69) is 10.1 Å². The third-order valence-corrected chi connectivity index (χ3v) is 3.55. The Labute approximate surface area is 111 Å². The Hall–Kier alpha value is -1.97. The van der Waals surface area contributed by atoms with Gasteiger partial charge in [0, 0.05) is 29.9 Å². The summed E-state index contributed by atoms with van der Waals surface area (Å²) in [6, 6.07) is 1.86. The van der Waals surface area contributed by atoms with Gasteiger partial charge in [0.15, 0.2) is 5.65 Å². The molecule has 0 radical (unpaired) electrons. The van der Waals surface area contributed by atoms with E-state index in [1.165, 1.54) is 5.57 Å². The predicted octanol–water partition coefficient (Wildman–Crippen LogP) is 3.64. The molecule has 0 bridgehead atoms. The van der Waals surface area contributed by atoms with Crippen LogP contribution in [0.3, 0.4) is 0 Å². The lowest BCUT2D eigenvalue weighted by Crippen LogP contribution is -1.98.